The zero-order valence-electron chi connectivity index (χ0n) is 10.2. The molecule has 0 atom stereocenters. The highest BCUT2D eigenvalue weighted by Crippen LogP contribution is 2.23. The molecule has 0 aromatic heterocycles. The lowest BCUT2D eigenvalue weighted by atomic mass is 10.1. The molecule has 0 radical (unpaired) electrons. The molecule has 2 nitrogen and oxygen atoms in total. The fourth-order valence-electron chi connectivity index (χ4n) is 1.53. The van der Waals surface area contributed by atoms with Gasteiger partial charge in [0.15, 0.2) is 0 Å². The fourth-order valence-corrected chi connectivity index (χ4v) is 2.33. The summed E-state index contributed by atoms with van der Waals surface area (Å²) >= 11 is 7.89. The molecule has 0 bridgehead atoms. The standard InChI is InChI=1S/C13H20ClNOS/c1-2-17-9-3-8-16-13-5-4-12(14)10-11(13)6-7-15/h4-5,10H,2-3,6-9,15H2,1H3. The molecule has 2 N–H and O–H groups in total. The van der Waals surface area contributed by atoms with Crippen molar-refractivity contribution in [3.63, 3.8) is 0 Å². The van der Waals surface area contributed by atoms with Gasteiger partial charge in [-0.2, -0.15) is 11.8 Å². The van der Waals surface area contributed by atoms with E-state index in [4.69, 9.17) is 22.1 Å². The molecule has 0 fully saturated rings. The average Bonchev–Trinajstić information content (AvgIpc) is 2.32. The summed E-state index contributed by atoms with van der Waals surface area (Å²) in [6.07, 6.45) is 1.88. The minimum atomic E-state index is 0.613. The van der Waals surface area contributed by atoms with Crippen molar-refractivity contribution < 1.29 is 4.74 Å². The topological polar surface area (TPSA) is 35.2 Å². The van der Waals surface area contributed by atoms with Gasteiger partial charge in [-0.15, -0.1) is 0 Å². The van der Waals surface area contributed by atoms with Gasteiger partial charge in [0.25, 0.3) is 0 Å². The van der Waals surface area contributed by atoms with Crippen LogP contribution in [0.1, 0.15) is 18.9 Å². The lowest BCUT2D eigenvalue weighted by molar-refractivity contribution is 0.315. The quantitative estimate of drug-likeness (QED) is 0.738. The molecule has 0 spiro atoms. The van der Waals surface area contributed by atoms with Crippen LogP contribution in [0.2, 0.25) is 5.02 Å². The highest BCUT2D eigenvalue weighted by Gasteiger charge is 2.04. The summed E-state index contributed by atoms with van der Waals surface area (Å²) in [5.41, 5.74) is 6.67. The molecule has 0 amide bonds. The fraction of sp³-hybridized carbons (Fsp3) is 0.538. The summed E-state index contributed by atoms with van der Waals surface area (Å²) in [6.45, 7) is 3.54. The van der Waals surface area contributed by atoms with Crippen LogP contribution in [0.4, 0.5) is 0 Å². The maximum atomic E-state index is 5.96. The van der Waals surface area contributed by atoms with Crippen molar-refractivity contribution >= 4 is 23.4 Å². The van der Waals surface area contributed by atoms with Gasteiger partial charge in [-0.05, 0) is 54.7 Å². The summed E-state index contributed by atoms with van der Waals surface area (Å²) in [6, 6.07) is 5.72. The van der Waals surface area contributed by atoms with Crippen LogP contribution in [0, 0.1) is 0 Å². The zero-order chi connectivity index (χ0) is 12.5. The van der Waals surface area contributed by atoms with Gasteiger partial charge in [0.2, 0.25) is 0 Å². The molecular weight excluding hydrogens is 254 g/mol. The Kier molecular flexibility index (Phi) is 7.49. The molecule has 0 saturated heterocycles. The molecule has 96 valence electrons. The van der Waals surface area contributed by atoms with Gasteiger partial charge in [0.05, 0.1) is 6.61 Å². The van der Waals surface area contributed by atoms with Crippen LogP contribution in [-0.2, 0) is 6.42 Å². The number of hydrogen-bond donors (Lipinski definition) is 1. The van der Waals surface area contributed by atoms with Gasteiger partial charge in [0.1, 0.15) is 5.75 Å². The minimum absolute atomic E-state index is 0.613. The number of benzene rings is 1. The maximum absolute atomic E-state index is 5.96. The predicted molar refractivity (Wildman–Crippen MR) is 77.3 cm³/mol. The Morgan fingerprint density at radius 2 is 2.24 bits per heavy atom. The van der Waals surface area contributed by atoms with Crippen LogP contribution >= 0.6 is 23.4 Å². The van der Waals surface area contributed by atoms with Gasteiger partial charge >= 0.3 is 0 Å². The van der Waals surface area contributed by atoms with Gasteiger partial charge < -0.3 is 10.5 Å². The van der Waals surface area contributed by atoms with Crippen molar-refractivity contribution in [2.75, 3.05) is 24.7 Å². The van der Waals surface area contributed by atoms with Gasteiger partial charge in [-0.1, -0.05) is 18.5 Å². The molecule has 4 heteroatoms. The van der Waals surface area contributed by atoms with E-state index >= 15 is 0 Å². The third-order valence-electron chi connectivity index (χ3n) is 2.33. The first-order chi connectivity index (χ1) is 8.27. The number of ether oxygens (including phenoxy) is 1. The van der Waals surface area contributed by atoms with Gasteiger partial charge in [-0.3, -0.25) is 0 Å². The van der Waals surface area contributed by atoms with E-state index in [2.05, 4.69) is 6.92 Å². The minimum Gasteiger partial charge on any atom is -0.493 e. The number of rotatable bonds is 8. The second-order valence-electron chi connectivity index (χ2n) is 3.69. The molecule has 1 aromatic carbocycles. The van der Waals surface area contributed by atoms with Crippen LogP contribution in [0.3, 0.4) is 0 Å². The van der Waals surface area contributed by atoms with E-state index in [9.17, 15) is 0 Å². The summed E-state index contributed by atoms with van der Waals surface area (Å²) in [4.78, 5) is 0. The number of hydrogen-bond acceptors (Lipinski definition) is 3. The Morgan fingerprint density at radius 3 is 2.94 bits per heavy atom. The van der Waals surface area contributed by atoms with Crippen molar-refractivity contribution in [1.29, 1.82) is 0 Å². The molecule has 1 rings (SSSR count). The maximum Gasteiger partial charge on any atom is 0.122 e. The smallest absolute Gasteiger partial charge is 0.122 e. The second kappa shape index (κ2) is 8.67. The van der Waals surface area contributed by atoms with E-state index in [0.717, 1.165) is 41.5 Å². The average molecular weight is 274 g/mol. The van der Waals surface area contributed by atoms with Crippen LogP contribution in [-0.4, -0.2) is 24.7 Å². The van der Waals surface area contributed by atoms with Gasteiger partial charge in [-0.25, -0.2) is 0 Å². The summed E-state index contributed by atoms with van der Waals surface area (Å²) in [5, 5.41) is 0.738. The summed E-state index contributed by atoms with van der Waals surface area (Å²) in [5.74, 6) is 3.23. The Labute approximate surface area is 113 Å². The van der Waals surface area contributed by atoms with Crippen LogP contribution in [0.25, 0.3) is 0 Å². The van der Waals surface area contributed by atoms with Crippen molar-refractivity contribution in [1.82, 2.24) is 0 Å². The molecular formula is C13H20ClNOS. The number of halogens is 1. The van der Waals surface area contributed by atoms with Gasteiger partial charge in [0, 0.05) is 5.02 Å². The Morgan fingerprint density at radius 1 is 1.41 bits per heavy atom. The Hall–Kier alpha value is -0.380. The Balaban J connectivity index is 2.45. The van der Waals surface area contributed by atoms with Crippen LogP contribution in [0.5, 0.6) is 5.75 Å². The van der Waals surface area contributed by atoms with Crippen LogP contribution in [0.15, 0.2) is 18.2 Å². The lowest BCUT2D eigenvalue weighted by Crippen LogP contribution is -2.06. The first-order valence-electron chi connectivity index (χ1n) is 5.97. The third kappa shape index (κ3) is 5.66. The SMILES string of the molecule is CCSCCCOc1ccc(Cl)cc1CCN. The highest BCUT2D eigenvalue weighted by atomic mass is 35.5. The predicted octanol–water partition coefficient (Wildman–Crippen LogP) is 3.36. The van der Waals surface area contributed by atoms with E-state index in [0.29, 0.717) is 6.54 Å². The number of thioether (sulfide) groups is 1. The molecule has 0 aliphatic rings. The second-order valence-corrected chi connectivity index (χ2v) is 5.52. The molecule has 0 saturated carbocycles. The normalized spacial score (nSPS) is 10.5. The van der Waals surface area contributed by atoms with Crippen molar-refractivity contribution in [3.8, 4) is 5.75 Å². The third-order valence-corrected chi connectivity index (χ3v) is 3.55. The molecule has 17 heavy (non-hydrogen) atoms. The summed E-state index contributed by atoms with van der Waals surface area (Å²) in [7, 11) is 0. The monoisotopic (exact) mass is 273 g/mol. The number of nitrogens with two attached hydrogens (primary N) is 1. The highest BCUT2D eigenvalue weighted by molar-refractivity contribution is 7.99. The molecule has 0 aliphatic carbocycles. The molecule has 0 heterocycles. The van der Waals surface area contributed by atoms with E-state index in [1.54, 1.807) is 0 Å². The lowest BCUT2D eigenvalue weighted by Gasteiger charge is -2.11. The van der Waals surface area contributed by atoms with Crippen LogP contribution < -0.4 is 10.5 Å². The van der Waals surface area contributed by atoms with Crippen molar-refractivity contribution in [2.45, 2.75) is 19.8 Å². The van der Waals surface area contributed by atoms with Crippen molar-refractivity contribution in [2.24, 2.45) is 5.73 Å². The largest absolute Gasteiger partial charge is 0.493 e. The Bertz CT molecular complexity index is 333. The van der Waals surface area contributed by atoms with E-state index < -0.39 is 0 Å². The van der Waals surface area contributed by atoms with E-state index in [1.807, 2.05) is 30.0 Å². The van der Waals surface area contributed by atoms with Crippen molar-refractivity contribution in [3.05, 3.63) is 28.8 Å². The zero-order valence-corrected chi connectivity index (χ0v) is 11.8. The van der Waals surface area contributed by atoms with E-state index in [-0.39, 0.29) is 0 Å². The molecule has 0 aliphatic heterocycles. The first kappa shape index (κ1) is 14.7. The summed E-state index contributed by atoms with van der Waals surface area (Å²) < 4.78 is 5.76. The molecule has 1 aromatic rings. The van der Waals surface area contributed by atoms with E-state index in [1.165, 1.54) is 5.75 Å². The first-order valence-corrected chi connectivity index (χ1v) is 7.50. The molecule has 0 unspecified atom stereocenters.